The number of likely N-dealkylation sites (tertiary alicyclic amines) is 1. The van der Waals surface area contributed by atoms with Crippen molar-refractivity contribution in [3.05, 3.63) is 70.6 Å². The summed E-state index contributed by atoms with van der Waals surface area (Å²) in [6, 6.07) is 12.4. The minimum Gasteiger partial charge on any atom is -0.396 e. The number of benzene rings is 2. The van der Waals surface area contributed by atoms with Crippen LogP contribution in [0.4, 0.5) is 10.1 Å². The van der Waals surface area contributed by atoms with Gasteiger partial charge in [-0.3, -0.25) is 9.59 Å². The molecule has 29 heavy (non-hydrogen) atoms. The number of para-hydroxylation sites is 1. The summed E-state index contributed by atoms with van der Waals surface area (Å²) in [4.78, 5) is 29.4. The standard InChI is InChI=1S/C22H20ClFN2O3/c23-16-9-7-15(8-10-16)19-20(25-11-3-4-14(12-25)13-27)22(29)26(21(19)28)18-6-2-1-5-17(18)24/h1-2,5-10,14,27H,3-4,11-13H2. The number of aliphatic hydroxyl groups excluding tert-OH is 1. The number of carbonyl (C=O) groups is 2. The van der Waals surface area contributed by atoms with Crippen molar-refractivity contribution in [2.75, 3.05) is 24.6 Å². The summed E-state index contributed by atoms with van der Waals surface area (Å²) in [5, 5.41) is 10.1. The Balaban J connectivity index is 1.83. The van der Waals surface area contributed by atoms with E-state index in [1.54, 1.807) is 30.3 Å². The molecule has 2 aromatic rings. The zero-order valence-electron chi connectivity index (χ0n) is 15.6. The van der Waals surface area contributed by atoms with E-state index in [1.807, 2.05) is 4.90 Å². The summed E-state index contributed by atoms with van der Waals surface area (Å²) >= 11 is 5.99. The molecule has 7 heteroatoms. The van der Waals surface area contributed by atoms with Gasteiger partial charge in [0, 0.05) is 24.7 Å². The van der Waals surface area contributed by atoms with Gasteiger partial charge in [0.2, 0.25) is 0 Å². The number of carbonyl (C=O) groups excluding carboxylic acids is 2. The lowest BCUT2D eigenvalue weighted by atomic mass is 9.97. The first kappa shape index (κ1) is 19.6. The monoisotopic (exact) mass is 414 g/mol. The van der Waals surface area contributed by atoms with E-state index < -0.39 is 17.6 Å². The molecule has 1 saturated heterocycles. The maximum atomic E-state index is 14.4. The summed E-state index contributed by atoms with van der Waals surface area (Å²) in [5.41, 5.74) is 0.958. The van der Waals surface area contributed by atoms with Crippen molar-refractivity contribution in [3.63, 3.8) is 0 Å². The number of hydrogen-bond donors (Lipinski definition) is 1. The lowest BCUT2D eigenvalue weighted by Crippen LogP contribution is -2.40. The molecular weight excluding hydrogens is 395 g/mol. The molecule has 1 N–H and O–H groups in total. The van der Waals surface area contributed by atoms with E-state index >= 15 is 0 Å². The molecule has 2 aliphatic rings. The minimum atomic E-state index is -0.641. The number of halogens is 2. The molecule has 1 unspecified atom stereocenters. The molecule has 2 heterocycles. The third-order valence-electron chi connectivity index (χ3n) is 5.38. The number of piperidine rings is 1. The molecule has 2 aliphatic heterocycles. The summed E-state index contributed by atoms with van der Waals surface area (Å²) in [7, 11) is 0. The molecule has 0 aromatic heterocycles. The van der Waals surface area contributed by atoms with E-state index in [4.69, 9.17) is 11.6 Å². The number of amides is 2. The first-order valence-electron chi connectivity index (χ1n) is 9.50. The molecule has 1 atom stereocenters. The molecule has 0 bridgehead atoms. The third kappa shape index (κ3) is 3.54. The Morgan fingerprint density at radius 3 is 2.48 bits per heavy atom. The van der Waals surface area contributed by atoms with Gasteiger partial charge in [0.05, 0.1) is 11.3 Å². The van der Waals surface area contributed by atoms with E-state index in [0.717, 1.165) is 17.7 Å². The summed E-state index contributed by atoms with van der Waals surface area (Å²) in [5.74, 6) is -1.74. The fraction of sp³-hybridized carbons (Fsp3) is 0.273. The second kappa shape index (κ2) is 7.97. The van der Waals surface area contributed by atoms with Gasteiger partial charge in [-0.15, -0.1) is 0 Å². The zero-order valence-corrected chi connectivity index (χ0v) is 16.4. The largest absolute Gasteiger partial charge is 0.396 e. The van der Waals surface area contributed by atoms with Crippen molar-refractivity contribution >= 4 is 34.7 Å². The molecular formula is C22H20ClFN2O3. The fourth-order valence-corrected chi connectivity index (χ4v) is 4.08. The van der Waals surface area contributed by atoms with Gasteiger partial charge in [-0.2, -0.15) is 0 Å². The van der Waals surface area contributed by atoms with Gasteiger partial charge >= 0.3 is 0 Å². The van der Waals surface area contributed by atoms with Gasteiger partial charge in [0.25, 0.3) is 11.8 Å². The van der Waals surface area contributed by atoms with E-state index in [0.29, 0.717) is 23.7 Å². The van der Waals surface area contributed by atoms with Crippen LogP contribution in [-0.4, -0.2) is 41.5 Å². The Bertz CT molecular complexity index is 990. The number of aliphatic hydroxyl groups is 1. The molecule has 0 saturated carbocycles. The Morgan fingerprint density at radius 2 is 1.79 bits per heavy atom. The SMILES string of the molecule is O=C1C(c2ccc(Cl)cc2)=C(N2CCCC(CO)C2)C(=O)N1c1ccccc1F. The number of nitrogens with zero attached hydrogens (tertiary/aromatic N) is 2. The topological polar surface area (TPSA) is 60.9 Å². The predicted molar refractivity (Wildman–Crippen MR) is 109 cm³/mol. The third-order valence-corrected chi connectivity index (χ3v) is 5.63. The van der Waals surface area contributed by atoms with Crippen LogP contribution in [0.25, 0.3) is 5.57 Å². The van der Waals surface area contributed by atoms with Gasteiger partial charge in [-0.05, 0) is 48.6 Å². The van der Waals surface area contributed by atoms with Crippen LogP contribution in [0.1, 0.15) is 18.4 Å². The van der Waals surface area contributed by atoms with Crippen LogP contribution < -0.4 is 4.90 Å². The lowest BCUT2D eigenvalue weighted by molar-refractivity contribution is -0.121. The Morgan fingerprint density at radius 1 is 1.07 bits per heavy atom. The number of hydrogen-bond acceptors (Lipinski definition) is 4. The number of imide groups is 1. The second-order valence-corrected chi connectivity index (χ2v) is 7.70. The van der Waals surface area contributed by atoms with Crippen molar-refractivity contribution < 1.29 is 19.1 Å². The molecule has 1 fully saturated rings. The van der Waals surface area contributed by atoms with Crippen LogP contribution in [-0.2, 0) is 9.59 Å². The number of rotatable bonds is 4. The van der Waals surface area contributed by atoms with E-state index in [-0.39, 0.29) is 29.5 Å². The highest BCUT2D eigenvalue weighted by molar-refractivity contribution is 6.45. The van der Waals surface area contributed by atoms with Crippen LogP contribution >= 0.6 is 11.6 Å². The molecule has 150 valence electrons. The quantitative estimate of drug-likeness (QED) is 0.778. The first-order valence-corrected chi connectivity index (χ1v) is 9.88. The predicted octanol–water partition coefficient (Wildman–Crippen LogP) is 3.47. The highest BCUT2D eigenvalue weighted by atomic mass is 35.5. The summed E-state index contributed by atoms with van der Waals surface area (Å²) in [6.07, 6.45) is 1.65. The van der Waals surface area contributed by atoms with Crippen LogP contribution in [0.5, 0.6) is 0 Å². The molecule has 2 aromatic carbocycles. The van der Waals surface area contributed by atoms with E-state index in [9.17, 15) is 19.1 Å². The van der Waals surface area contributed by atoms with Crippen molar-refractivity contribution in [2.45, 2.75) is 12.8 Å². The van der Waals surface area contributed by atoms with E-state index in [1.165, 1.54) is 18.2 Å². The molecule has 2 amide bonds. The van der Waals surface area contributed by atoms with Gasteiger partial charge in [0.15, 0.2) is 0 Å². The lowest BCUT2D eigenvalue weighted by Gasteiger charge is -2.34. The minimum absolute atomic E-state index is 0.0131. The first-order chi connectivity index (χ1) is 14.0. The Kier molecular flexibility index (Phi) is 5.39. The Hall–Kier alpha value is -2.70. The molecule has 0 spiro atoms. The molecule has 4 rings (SSSR count). The highest BCUT2D eigenvalue weighted by Gasteiger charge is 2.44. The van der Waals surface area contributed by atoms with Crippen LogP contribution in [0.3, 0.4) is 0 Å². The zero-order chi connectivity index (χ0) is 20.5. The maximum Gasteiger partial charge on any atom is 0.282 e. The fourth-order valence-electron chi connectivity index (χ4n) is 3.96. The van der Waals surface area contributed by atoms with E-state index in [2.05, 4.69) is 0 Å². The molecule has 5 nitrogen and oxygen atoms in total. The van der Waals surface area contributed by atoms with Gasteiger partial charge in [0.1, 0.15) is 11.5 Å². The molecule has 0 radical (unpaired) electrons. The maximum absolute atomic E-state index is 14.4. The van der Waals surface area contributed by atoms with Crippen molar-refractivity contribution in [1.82, 2.24) is 4.90 Å². The second-order valence-electron chi connectivity index (χ2n) is 7.26. The van der Waals surface area contributed by atoms with Gasteiger partial charge in [-0.25, -0.2) is 9.29 Å². The average Bonchev–Trinajstić information content (AvgIpc) is 2.99. The van der Waals surface area contributed by atoms with Crippen molar-refractivity contribution in [2.24, 2.45) is 5.92 Å². The van der Waals surface area contributed by atoms with Crippen LogP contribution in [0.15, 0.2) is 54.2 Å². The van der Waals surface area contributed by atoms with Crippen LogP contribution in [0.2, 0.25) is 5.02 Å². The van der Waals surface area contributed by atoms with Gasteiger partial charge < -0.3 is 10.0 Å². The number of anilines is 1. The smallest absolute Gasteiger partial charge is 0.282 e. The molecule has 0 aliphatic carbocycles. The highest BCUT2D eigenvalue weighted by Crippen LogP contribution is 2.37. The van der Waals surface area contributed by atoms with Gasteiger partial charge in [-0.1, -0.05) is 35.9 Å². The van der Waals surface area contributed by atoms with Crippen molar-refractivity contribution in [1.29, 1.82) is 0 Å². The van der Waals surface area contributed by atoms with Crippen molar-refractivity contribution in [3.8, 4) is 0 Å². The van der Waals surface area contributed by atoms with Crippen LogP contribution in [0, 0.1) is 11.7 Å². The Labute approximate surface area is 173 Å². The summed E-state index contributed by atoms with van der Waals surface area (Å²) < 4.78 is 14.4. The normalized spacial score (nSPS) is 20.0. The summed E-state index contributed by atoms with van der Waals surface area (Å²) in [6.45, 7) is 1.07. The average molecular weight is 415 g/mol.